The van der Waals surface area contributed by atoms with E-state index in [4.69, 9.17) is 14.0 Å². The van der Waals surface area contributed by atoms with Crippen molar-refractivity contribution >= 4 is 5.91 Å². The van der Waals surface area contributed by atoms with Crippen LogP contribution in [0.25, 0.3) is 22.6 Å². The van der Waals surface area contributed by atoms with Gasteiger partial charge in [0.1, 0.15) is 17.2 Å². The first kappa shape index (κ1) is 20.1. The van der Waals surface area contributed by atoms with Gasteiger partial charge >= 0.3 is 0 Å². The van der Waals surface area contributed by atoms with Crippen molar-refractivity contribution in [3.05, 3.63) is 71.8 Å². The van der Waals surface area contributed by atoms with Crippen LogP contribution in [0.15, 0.2) is 59.1 Å². The lowest BCUT2D eigenvalue weighted by molar-refractivity contribution is 0.0945. The lowest BCUT2D eigenvalue weighted by Gasteiger charge is -2.07. The van der Waals surface area contributed by atoms with E-state index in [9.17, 15) is 9.18 Å². The average Bonchev–Trinajstić information content (AvgIpc) is 3.48. The predicted octanol–water partition coefficient (Wildman–Crippen LogP) is 3.82. The van der Waals surface area contributed by atoms with Crippen LogP contribution in [0.3, 0.4) is 0 Å². The molecule has 0 aliphatic carbocycles. The third-order valence-electron chi connectivity index (χ3n) is 4.62. The molecule has 0 spiro atoms. The second-order valence-electron chi connectivity index (χ2n) is 6.61. The van der Waals surface area contributed by atoms with Gasteiger partial charge in [0.2, 0.25) is 0 Å². The summed E-state index contributed by atoms with van der Waals surface area (Å²) in [5, 5.41) is 13.5. The van der Waals surface area contributed by atoms with E-state index >= 15 is 0 Å². The van der Waals surface area contributed by atoms with Crippen LogP contribution in [0.1, 0.15) is 16.2 Å². The summed E-state index contributed by atoms with van der Waals surface area (Å²) in [6, 6.07) is 14.6. The number of methoxy groups -OCH3 is 2. The molecular formula is C22H19FN4O4. The molecule has 1 amide bonds. The molecule has 2 N–H and O–H groups in total. The summed E-state index contributed by atoms with van der Waals surface area (Å²) in [5.41, 5.74) is 2.84. The van der Waals surface area contributed by atoms with Crippen molar-refractivity contribution in [1.82, 2.24) is 20.7 Å². The average molecular weight is 422 g/mol. The van der Waals surface area contributed by atoms with Crippen molar-refractivity contribution in [3.8, 4) is 34.1 Å². The largest absolute Gasteiger partial charge is 0.493 e. The summed E-state index contributed by atoms with van der Waals surface area (Å²) < 4.78 is 29.0. The molecule has 31 heavy (non-hydrogen) atoms. The van der Waals surface area contributed by atoms with E-state index in [0.717, 1.165) is 5.56 Å². The highest BCUT2D eigenvalue weighted by Crippen LogP contribution is 2.32. The van der Waals surface area contributed by atoms with Crippen LogP contribution < -0.4 is 14.8 Å². The Labute approximate surface area is 177 Å². The van der Waals surface area contributed by atoms with Crippen molar-refractivity contribution in [1.29, 1.82) is 0 Å². The van der Waals surface area contributed by atoms with Crippen molar-refractivity contribution < 1.29 is 23.2 Å². The molecule has 158 valence electrons. The van der Waals surface area contributed by atoms with E-state index in [1.54, 1.807) is 50.6 Å². The number of aromatic amines is 1. The molecule has 4 aromatic rings. The van der Waals surface area contributed by atoms with Gasteiger partial charge in [0.05, 0.1) is 26.5 Å². The maximum Gasteiger partial charge on any atom is 0.269 e. The van der Waals surface area contributed by atoms with E-state index in [1.807, 2.05) is 6.07 Å². The fraction of sp³-hybridized carbons (Fsp3) is 0.136. The molecule has 2 aromatic carbocycles. The first-order chi connectivity index (χ1) is 15.1. The number of halogens is 1. The van der Waals surface area contributed by atoms with Crippen LogP contribution >= 0.6 is 0 Å². The Kier molecular flexibility index (Phi) is 5.65. The van der Waals surface area contributed by atoms with Crippen molar-refractivity contribution in [2.45, 2.75) is 6.54 Å². The van der Waals surface area contributed by atoms with E-state index in [-0.39, 0.29) is 24.0 Å². The number of carbonyl (C=O) groups excluding carboxylic acids is 1. The SMILES string of the molecule is COc1ccc(-c2cc(CNC(=O)c3cc(-c4ccc(F)cc4)n[nH]3)no2)cc1OC. The number of hydrogen-bond acceptors (Lipinski definition) is 6. The first-order valence-corrected chi connectivity index (χ1v) is 9.35. The summed E-state index contributed by atoms with van der Waals surface area (Å²) in [4.78, 5) is 12.4. The zero-order chi connectivity index (χ0) is 21.8. The van der Waals surface area contributed by atoms with Crippen LogP contribution in [-0.4, -0.2) is 35.5 Å². The zero-order valence-electron chi connectivity index (χ0n) is 16.8. The molecule has 0 radical (unpaired) electrons. The molecule has 0 aliphatic heterocycles. The minimum atomic E-state index is -0.350. The van der Waals surface area contributed by atoms with Crippen molar-refractivity contribution in [3.63, 3.8) is 0 Å². The van der Waals surface area contributed by atoms with Gasteiger partial charge in [-0.05, 0) is 48.5 Å². The minimum absolute atomic E-state index is 0.167. The molecule has 0 bridgehead atoms. The van der Waals surface area contributed by atoms with Gasteiger partial charge in [-0.1, -0.05) is 5.16 Å². The number of nitrogens with one attached hydrogen (secondary N) is 2. The molecule has 2 aromatic heterocycles. The van der Waals surface area contributed by atoms with E-state index in [1.165, 1.54) is 12.1 Å². The normalized spacial score (nSPS) is 10.7. The summed E-state index contributed by atoms with van der Waals surface area (Å²) in [6.07, 6.45) is 0. The third-order valence-corrected chi connectivity index (χ3v) is 4.62. The van der Waals surface area contributed by atoms with Crippen LogP contribution in [0.2, 0.25) is 0 Å². The first-order valence-electron chi connectivity index (χ1n) is 9.35. The van der Waals surface area contributed by atoms with Crippen LogP contribution in [-0.2, 0) is 6.54 Å². The number of ether oxygens (including phenoxy) is 2. The molecule has 8 nitrogen and oxygen atoms in total. The van der Waals surface area contributed by atoms with Gasteiger partial charge < -0.3 is 19.3 Å². The predicted molar refractivity (Wildman–Crippen MR) is 110 cm³/mol. The van der Waals surface area contributed by atoms with Crippen LogP contribution in [0.5, 0.6) is 11.5 Å². The highest BCUT2D eigenvalue weighted by molar-refractivity contribution is 5.93. The Bertz CT molecular complexity index is 1200. The number of amides is 1. The molecule has 0 saturated carbocycles. The highest BCUT2D eigenvalue weighted by atomic mass is 19.1. The maximum atomic E-state index is 13.1. The summed E-state index contributed by atoms with van der Waals surface area (Å²) in [6.45, 7) is 0.167. The van der Waals surface area contributed by atoms with Gasteiger partial charge in [-0.15, -0.1) is 0 Å². The molecular weight excluding hydrogens is 403 g/mol. The Morgan fingerprint density at radius 2 is 1.77 bits per heavy atom. The Morgan fingerprint density at radius 3 is 2.52 bits per heavy atom. The number of nitrogens with zero attached hydrogens (tertiary/aromatic N) is 2. The standard InChI is InChI=1S/C22H19FN4O4/c1-29-19-8-5-14(9-21(19)30-2)20-10-16(27-31-20)12-24-22(28)18-11-17(25-26-18)13-3-6-15(23)7-4-13/h3-11H,12H2,1-2H3,(H,24,28)(H,25,26). The van der Waals surface area contributed by atoms with Gasteiger partial charge in [-0.25, -0.2) is 4.39 Å². The Morgan fingerprint density at radius 1 is 1.03 bits per heavy atom. The van der Waals surface area contributed by atoms with Gasteiger partial charge in [-0.3, -0.25) is 9.89 Å². The van der Waals surface area contributed by atoms with Gasteiger partial charge in [-0.2, -0.15) is 5.10 Å². The maximum absolute atomic E-state index is 13.1. The Balaban J connectivity index is 1.41. The smallest absolute Gasteiger partial charge is 0.269 e. The monoisotopic (exact) mass is 422 g/mol. The second kappa shape index (κ2) is 8.70. The number of hydrogen-bond donors (Lipinski definition) is 2. The third kappa shape index (κ3) is 4.40. The summed E-state index contributed by atoms with van der Waals surface area (Å²) in [5.74, 6) is 1.03. The molecule has 0 atom stereocenters. The number of benzene rings is 2. The number of rotatable bonds is 7. The Hall–Kier alpha value is -4.14. The van der Waals surface area contributed by atoms with Crippen LogP contribution in [0.4, 0.5) is 4.39 Å². The fourth-order valence-corrected chi connectivity index (χ4v) is 2.99. The molecule has 0 unspecified atom stereocenters. The van der Waals surface area contributed by atoms with Gasteiger partial charge in [0.25, 0.3) is 5.91 Å². The topological polar surface area (TPSA) is 102 Å². The number of aromatic nitrogens is 3. The zero-order valence-corrected chi connectivity index (χ0v) is 16.8. The number of carbonyl (C=O) groups is 1. The molecule has 9 heteroatoms. The summed E-state index contributed by atoms with van der Waals surface area (Å²) in [7, 11) is 3.12. The van der Waals surface area contributed by atoms with E-state index < -0.39 is 0 Å². The molecule has 0 saturated heterocycles. The lowest BCUT2D eigenvalue weighted by Crippen LogP contribution is -2.23. The van der Waals surface area contributed by atoms with Gasteiger partial charge in [0, 0.05) is 17.2 Å². The van der Waals surface area contributed by atoms with Crippen molar-refractivity contribution in [2.24, 2.45) is 0 Å². The molecule has 0 aliphatic rings. The van der Waals surface area contributed by atoms with Gasteiger partial charge in [0.15, 0.2) is 17.3 Å². The van der Waals surface area contributed by atoms with Crippen LogP contribution in [0, 0.1) is 5.82 Å². The van der Waals surface area contributed by atoms with Crippen molar-refractivity contribution in [2.75, 3.05) is 14.2 Å². The molecule has 4 rings (SSSR count). The number of H-pyrrole nitrogens is 1. The molecule has 0 fully saturated rings. The summed E-state index contributed by atoms with van der Waals surface area (Å²) >= 11 is 0. The van der Waals surface area contributed by atoms with E-state index in [0.29, 0.717) is 34.2 Å². The quantitative estimate of drug-likeness (QED) is 0.469. The lowest BCUT2D eigenvalue weighted by atomic mass is 10.1. The minimum Gasteiger partial charge on any atom is -0.493 e. The fourth-order valence-electron chi connectivity index (χ4n) is 2.99. The highest BCUT2D eigenvalue weighted by Gasteiger charge is 2.14. The second-order valence-corrected chi connectivity index (χ2v) is 6.61. The molecule has 2 heterocycles. The van der Waals surface area contributed by atoms with E-state index in [2.05, 4.69) is 20.7 Å².